The van der Waals surface area contributed by atoms with E-state index < -0.39 is 0 Å². The second kappa shape index (κ2) is 11.2. The molecule has 0 aromatic heterocycles. The molecular weight excluding hydrogens is 401 g/mol. The molecule has 2 aromatic carbocycles. The molecule has 31 heavy (non-hydrogen) atoms. The minimum Gasteiger partial charge on any atom is -0.457 e. The molecule has 1 heterocycles. The van der Waals surface area contributed by atoms with Crippen LogP contribution in [0.4, 0.5) is 10.1 Å². The van der Waals surface area contributed by atoms with Gasteiger partial charge in [0, 0.05) is 26.1 Å². The highest BCUT2D eigenvalue weighted by Gasteiger charge is 2.29. The van der Waals surface area contributed by atoms with E-state index in [4.69, 9.17) is 21.1 Å². The molecule has 8 nitrogen and oxygen atoms in total. The first-order chi connectivity index (χ1) is 15.0. The number of hydrazine groups is 1. The molecule has 0 saturated carbocycles. The third-order valence-electron chi connectivity index (χ3n) is 4.89. The average molecular weight is 432 g/mol. The maximum atomic E-state index is 13.0. The molecule has 168 valence electrons. The van der Waals surface area contributed by atoms with Crippen LogP contribution >= 0.6 is 0 Å². The molecule has 5 N–H and O–H groups in total. The molecule has 1 fully saturated rings. The fraction of sp³-hybridized carbons (Fsp3) is 0.318. The van der Waals surface area contributed by atoms with Crippen molar-refractivity contribution in [2.75, 3.05) is 31.7 Å². The molecular formula is C22H30FN5O3. The standard InChI is InChI=1S/C22H28FN5O3.H2/c23-17-3-7-20(8-4-17)31-21-9-5-18(6-10-21)26-16-30-15-19-2-1-12-28(19)22(29)14-27(25)13-11-24;/h3-11,13,19,26H,1-2,12,14-16,24-25H2;1H/b13-11-;/t19-;/m0./s1. The topological polar surface area (TPSA) is 106 Å². The van der Waals surface area contributed by atoms with E-state index in [1.807, 2.05) is 29.2 Å². The molecule has 1 aliphatic heterocycles. The second-order valence-electron chi connectivity index (χ2n) is 7.17. The predicted molar refractivity (Wildman–Crippen MR) is 118 cm³/mol. The van der Waals surface area contributed by atoms with Gasteiger partial charge in [-0.25, -0.2) is 10.2 Å². The van der Waals surface area contributed by atoms with E-state index in [9.17, 15) is 9.18 Å². The molecule has 1 amide bonds. The normalized spacial score (nSPS) is 15.9. The fourth-order valence-corrected chi connectivity index (χ4v) is 3.36. The maximum absolute atomic E-state index is 13.0. The number of ether oxygens (including phenoxy) is 2. The zero-order valence-corrected chi connectivity index (χ0v) is 17.2. The van der Waals surface area contributed by atoms with Crippen molar-refractivity contribution >= 4 is 11.6 Å². The summed E-state index contributed by atoms with van der Waals surface area (Å²) < 4.78 is 24.4. The molecule has 9 heteroatoms. The number of benzene rings is 2. The zero-order valence-electron chi connectivity index (χ0n) is 17.2. The van der Waals surface area contributed by atoms with Crippen LogP contribution in [-0.4, -0.2) is 48.3 Å². The van der Waals surface area contributed by atoms with Crippen molar-refractivity contribution in [3.8, 4) is 11.5 Å². The summed E-state index contributed by atoms with van der Waals surface area (Å²) in [6.45, 7) is 1.54. The van der Waals surface area contributed by atoms with Crippen LogP contribution in [-0.2, 0) is 9.53 Å². The minimum absolute atomic E-state index is 0. The largest absolute Gasteiger partial charge is 0.457 e. The summed E-state index contributed by atoms with van der Waals surface area (Å²) in [6, 6.07) is 13.3. The van der Waals surface area contributed by atoms with Crippen LogP contribution in [0.25, 0.3) is 0 Å². The molecule has 3 rings (SSSR count). The van der Waals surface area contributed by atoms with Crippen molar-refractivity contribution in [2.45, 2.75) is 18.9 Å². The SMILES string of the molecule is N/C=C\N(N)CC(=O)N1CCC[C@H]1COCNc1ccc(Oc2ccc(F)cc2)cc1.[HH]. The molecule has 0 spiro atoms. The minimum atomic E-state index is -0.304. The number of carbonyl (C=O) groups is 1. The number of amides is 1. The first-order valence-corrected chi connectivity index (χ1v) is 10.1. The van der Waals surface area contributed by atoms with Gasteiger partial charge in [-0.1, -0.05) is 0 Å². The number of nitrogens with zero attached hydrogens (tertiary/aromatic N) is 2. The number of halogens is 1. The Morgan fingerprint density at radius 1 is 1.23 bits per heavy atom. The molecule has 1 aliphatic rings. The van der Waals surface area contributed by atoms with E-state index in [1.54, 1.807) is 12.1 Å². The van der Waals surface area contributed by atoms with Crippen LogP contribution in [0.2, 0.25) is 0 Å². The van der Waals surface area contributed by atoms with Crippen molar-refractivity contribution in [3.63, 3.8) is 0 Å². The highest BCUT2D eigenvalue weighted by molar-refractivity contribution is 5.79. The highest BCUT2D eigenvalue weighted by Crippen LogP contribution is 2.23. The van der Waals surface area contributed by atoms with Gasteiger partial charge in [0.1, 0.15) is 30.6 Å². The van der Waals surface area contributed by atoms with E-state index in [0.717, 1.165) is 18.5 Å². The predicted octanol–water partition coefficient (Wildman–Crippen LogP) is 2.85. The van der Waals surface area contributed by atoms with Crippen molar-refractivity contribution in [3.05, 3.63) is 66.7 Å². The average Bonchev–Trinajstić information content (AvgIpc) is 3.23. The Morgan fingerprint density at radius 2 is 1.90 bits per heavy atom. The smallest absolute Gasteiger partial charge is 0.244 e. The number of anilines is 1. The third kappa shape index (κ3) is 6.87. The Bertz CT molecular complexity index is 867. The summed E-state index contributed by atoms with van der Waals surface area (Å²) in [5.74, 6) is 6.57. The van der Waals surface area contributed by atoms with Gasteiger partial charge in [0.15, 0.2) is 0 Å². The molecule has 2 aromatic rings. The number of rotatable bonds is 10. The lowest BCUT2D eigenvalue weighted by Gasteiger charge is -2.26. The molecule has 0 radical (unpaired) electrons. The number of hydrogen-bond donors (Lipinski definition) is 3. The fourth-order valence-electron chi connectivity index (χ4n) is 3.36. The Morgan fingerprint density at radius 3 is 2.58 bits per heavy atom. The number of likely N-dealkylation sites (tertiary alicyclic amines) is 1. The van der Waals surface area contributed by atoms with E-state index in [1.165, 1.54) is 29.5 Å². The third-order valence-corrected chi connectivity index (χ3v) is 4.89. The highest BCUT2D eigenvalue weighted by atomic mass is 19.1. The molecule has 1 saturated heterocycles. The van der Waals surface area contributed by atoms with Crippen molar-refractivity contribution in [1.29, 1.82) is 0 Å². The molecule has 0 aliphatic carbocycles. The lowest BCUT2D eigenvalue weighted by molar-refractivity contribution is -0.133. The Labute approximate surface area is 182 Å². The summed E-state index contributed by atoms with van der Waals surface area (Å²) in [7, 11) is 0. The molecule has 0 unspecified atom stereocenters. The Balaban J connectivity index is 0.00000363. The zero-order chi connectivity index (χ0) is 22.1. The van der Waals surface area contributed by atoms with Gasteiger partial charge in [-0.2, -0.15) is 0 Å². The van der Waals surface area contributed by atoms with E-state index in [2.05, 4.69) is 5.32 Å². The lowest BCUT2D eigenvalue weighted by Crippen LogP contribution is -2.44. The Kier molecular flexibility index (Phi) is 8.08. The van der Waals surface area contributed by atoms with Gasteiger partial charge < -0.3 is 30.4 Å². The second-order valence-corrected chi connectivity index (χ2v) is 7.17. The summed E-state index contributed by atoms with van der Waals surface area (Å²) in [5, 5.41) is 4.45. The van der Waals surface area contributed by atoms with E-state index >= 15 is 0 Å². The maximum Gasteiger partial charge on any atom is 0.244 e. The summed E-state index contributed by atoms with van der Waals surface area (Å²) >= 11 is 0. The summed E-state index contributed by atoms with van der Waals surface area (Å²) in [5.41, 5.74) is 6.16. The van der Waals surface area contributed by atoms with E-state index in [-0.39, 0.29) is 25.7 Å². The van der Waals surface area contributed by atoms with Crippen molar-refractivity contribution < 1.29 is 20.1 Å². The van der Waals surface area contributed by atoms with Gasteiger partial charge in [0.05, 0.1) is 12.6 Å². The molecule has 1 atom stereocenters. The van der Waals surface area contributed by atoms with Gasteiger partial charge in [0.25, 0.3) is 0 Å². The first kappa shape index (κ1) is 22.4. The first-order valence-electron chi connectivity index (χ1n) is 10.1. The van der Waals surface area contributed by atoms with Crippen molar-refractivity contribution in [2.24, 2.45) is 11.6 Å². The number of carbonyl (C=O) groups excluding carboxylic acids is 1. The van der Waals surface area contributed by atoms with Gasteiger partial charge in [-0.3, -0.25) is 4.79 Å². The van der Waals surface area contributed by atoms with Crippen LogP contribution in [0.3, 0.4) is 0 Å². The van der Waals surface area contributed by atoms with E-state index in [0.29, 0.717) is 31.4 Å². The summed E-state index contributed by atoms with van der Waals surface area (Å²) in [6.07, 6.45) is 4.60. The van der Waals surface area contributed by atoms with Gasteiger partial charge >= 0.3 is 0 Å². The van der Waals surface area contributed by atoms with Crippen molar-refractivity contribution in [1.82, 2.24) is 9.91 Å². The van der Waals surface area contributed by atoms with Crippen LogP contribution < -0.4 is 21.6 Å². The lowest BCUT2D eigenvalue weighted by atomic mass is 10.2. The van der Waals surface area contributed by atoms with Crippen LogP contribution in [0.1, 0.15) is 14.3 Å². The van der Waals surface area contributed by atoms with Gasteiger partial charge in [-0.05, 0) is 61.4 Å². The number of hydrogen-bond acceptors (Lipinski definition) is 7. The quantitative estimate of drug-likeness (QED) is 0.230. The monoisotopic (exact) mass is 431 g/mol. The van der Waals surface area contributed by atoms with Gasteiger partial charge in [0.2, 0.25) is 5.91 Å². The van der Waals surface area contributed by atoms with Gasteiger partial charge in [-0.15, -0.1) is 0 Å². The number of nitrogens with one attached hydrogen (secondary N) is 1. The summed E-state index contributed by atoms with van der Waals surface area (Å²) in [4.78, 5) is 14.2. The van der Waals surface area contributed by atoms with Crippen LogP contribution in [0.5, 0.6) is 11.5 Å². The Hall–Kier alpha value is -3.30. The molecule has 0 bridgehead atoms. The number of nitrogens with two attached hydrogens (primary N) is 2. The van der Waals surface area contributed by atoms with Crippen LogP contribution in [0, 0.1) is 5.82 Å². The van der Waals surface area contributed by atoms with Crippen LogP contribution in [0.15, 0.2) is 60.9 Å².